The zero-order valence-corrected chi connectivity index (χ0v) is 18.5. The van der Waals surface area contributed by atoms with Crippen LogP contribution in [0.25, 0.3) is 0 Å². The van der Waals surface area contributed by atoms with E-state index in [9.17, 15) is 9.59 Å². The molecule has 0 aliphatic carbocycles. The minimum absolute atomic E-state index is 0.0636. The van der Waals surface area contributed by atoms with Crippen LogP contribution in [0.1, 0.15) is 53.4 Å². The van der Waals surface area contributed by atoms with E-state index in [1.807, 2.05) is 27.7 Å². The molecule has 0 saturated carbocycles. The van der Waals surface area contributed by atoms with Crippen LogP contribution in [0.15, 0.2) is 34.5 Å². The van der Waals surface area contributed by atoms with Crippen molar-refractivity contribution in [3.8, 4) is 0 Å². The smallest absolute Gasteiger partial charge is 0.311 e. The molecule has 1 saturated heterocycles. The molecule has 1 aliphatic rings. The van der Waals surface area contributed by atoms with E-state index >= 15 is 0 Å². The third-order valence-electron chi connectivity index (χ3n) is 4.25. The molecule has 0 spiro atoms. The van der Waals surface area contributed by atoms with E-state index in [1.54, 1.807) is 12.2 Å². The molecule has 1 aliphatic heterocycles. The largest absolute Gasteiger partial charge is 0.465 e. The average molecular weight is 474 g/mol. The van der Waals surface area contributed by atoms with Gasteiger partial charge in [0.15, 0.2) is 5.78 Å². The number of ketones is 1. The Kier molecular flexibility index (Phi) is 9.24. The summed E-state index contributed by atoms with van der Waals surface area (Å²) in [5.74, 6) is 0.0604. The molecule has 0 aromatic heterocycles. The first-order valence-electron chi connectivity index (χ1n) is 9.06. The van der Waals surface area contributed by atoms with Gasteiger partial charge in [-0.3, -0.25) is 9.59 Å². The second-order valence-electron chi connectivity index (χ2n) is 7.95. The predicted octanol–water partition coefficient (Wildman–Crippen LogP) is 5.17. The van der Waals surface area contributed by atoms with Crippen LogP contribution in [0.5, 0.6) is 0 Å². The number of hydrogen-bond donors (Lipinski definition) is 0. The maximum atomic E-state index is 12.0. The molecule has 0 bridgehead atoms. The van der Waals surface area contributed by atoms with E-state index in [1.165, 1.54) is 0 Å². The molecule has 0 aromatic rings. The van der Waals surface area contributed by atoms with E-state index in [0.29, 0.717) is 13.0 Å². The highest BCUT2D eigenvalue weighted by molar-refractivity contribution is 14.1. The normalized spacial score (nSPS) is 21.8. The van der Waals surface area contributed by atoms with Crippen LogP contribution < -0.4 is 0 Å². The number of rotatable bonds is 9. The van der Waals surface area contributed by atoms with E-state index in [-0.39, 0.29) is 29.9 Å². The summed E-state index contributed by atoms with van der Waals surface area (Å²) in [7, 11) is 0. The van der Waals surface area contributed by atoms with Crippen molar-refractivity contribution in [2.75, 3.05) is 6.61 Å². The van der Waals surface area contributed by atoms with Crippen LogP contribution in [0.3, 0.4) is 0 Å². The van der Waals surface area contributed by atoms with Gasteiger partial charge in [-0.15, -0.1) is 0 Å². The van der Waals surface area contributed by atoms with Gasteiger partial charge in [0.25, 0.3) is 0 Å². The monoisotopic (exact) mass is 474 g/mol. The second-order valence-corrected chi connectivity index (χ2v) is 9.33. The van der Waals surface area contributed by atoms with Gasteiger partial charge in [0, 0.05) is 6.42 Å². The molecule has 1 rings (SSSR count). The van der Waals surface area contributed by atoms with Gasteiger partial charge in [-0.2, -0.15) is 0 Å². The molecule has 3 atom stereocenters. The summed E-state index contributed by atoms with van der Waals surface area (Å²) < 4.78 is 12.2. The zero-order chi connectivity index (χ0) is 19.9. The van der Waals surface area contributed by atoms with E-state index in [4.69, 9.17) is 9.47 Å². The van der Waals surface area contributed by atoms with Crippen LogP contribution in [0.2, 0.25) is 0 Å². The third-order valence-corrected chi connectivity index (χ3v) is 5.31. The van der Waals surface area contributed by atoms with Crippen LogP contribution in [0.4, 0.5) is 0 Å². The highest BCUT2D eigenvalue weighted by Gasteiger charge is 2.27. The number of hydrogen-bond acceptors (Lipinski definition) is 4. The number of carbonyl (C=O) groups excluding carboxylic acids is 2. The summed E-state index contributed by atoms with van der Waals surface area (Å²) in [6, 6.07) is 0. The fourth-order valence-electron chi connectivity index (χ4n) is 2.48. The van der Waals surface area contributed by atoms with Gasteiger partial charge in [0.2, 0.25) is 0 Å². The van der Waals surface area contributed by atoms with Crippen molar-refractivity contribution in [3.63, 3.8) is 0 Å². The number of halogens is 1. The van der Waals surface area contributed by atoms with E-state index in [0.717, 1.165) is 28.4 Å². The predicted molar refractivity (Wildman–Crippen MR) is 113 cm³/mol. The lowest BCUT2D eigenvalue weighted by Crippen LogP contribution is -2.23. The molecule has 0 unspecified atom stereocenters. The van der Waals surface area contributed by atoms with Crippen LogP contribution in [-0.2, 0) is 19.1 Å². The van der Waals surface area contributed by atoms with Gasteiger partial charge in [-0.25, -0.2) is 0 Å². The van der Waals surface area contributed by atoms with Crippen molar-refractivity contribution in [2.24, 2.45) is 11.3 Å². The molecule has 5 heteroatoms. The van der Waals surface area contributed by atoms with Crippen LogP contribution in [0, 0.1) is 11.3 Å². The van der Waals surface area contributed by atoms with Gasteiger partial charge in [0.05, 0.1) is 24.2 Å². The summed E-state index contributed by atoms with van der Waals surface area (Å²) in [6.07, 6.45) is 6.04. The molecule has 1 fully saturated rings. The quantitative estimate of drug-likeness (QED) is 0.152. The van der Waals surface area contributed by atoms with Crippen molar-refractivity contribution in [1.29, 1.82) is 0 Å². The second kappa shape index (κ2) is 10.4. The summed E-state index contributed by atoms with van der Waals surface area (Å²) >= 11 is 2.16. The number of carbonyl (C=O) groups is 2. The molecule has 4 nitrogen and oxygen atoms in total. The van der Waals surface area contributed by atoms with Crippen molar-refractivity contribution in [3.05, 3.63) is 34.5 Å². The van der Waals surface area contributed by atoms with Crippen LogP contribution >= 0.6 is 22.6 Å². The van der Waals surface area contributed by atoms with Gasteiger partial charge in [0.1, 0.15) is 0 Å². The fraction of sp³-hybridized carbons (Fsp3) is 0.619. The molecule has 0 amide bonds. The summed E-state index contributed by atoms with van der Waals surface area (Å²) in [5, 5.41) is 0. The summed E-state index contributed by atoms with van der Waals surface area (Å²) in [5.41, 5.74) is 0.513. The Hall–Kier alpha value is -0.950. The Morgan fingerprint density at radius 2 is 2.08 bits per heavy atom. The number of esters is 1. The molecule has 0 N–H and O–H groups in total. The van der Waals surface area contributed by atoms with Crippen molar-refractivity contribution in [1.82, 2.24) is 0 Å². The molecule has 1 heterocycles. The molecule has 146 valence electrons. The lowest BCUT2D eigenvalue weighted by atomic mass is 9.97. The Balaban J connectivity index is 2.35. The Morgan fingerprint density at radius 1 is 1.42 bits per heavy atom. The minimum Gasteiger partial charge on any atom is -0.465 e. The standard InChI is InChI=1S/C21H31IO4/c1-14(16(3)22)12-17(23)9-10-19-15(2)13-18(26-19)8-7-11-25-20(24)21(4,5)6/h9-10,14,18-19H,2-3,7-8,11-13H2,1,4-6H3/b10-9-/t14-,18+,19+/m1/s1. The lowest BCUT2D eigenvalue weighted by molar-refractivity contribution is -0.153. The molecule has 0 radical (unpaired) electrons. The van der Waals surface area contributed by atoms with Crippen LogP contribution in [-0.4, -0.2) is 30.6 Å². The number of allylic oxidation sites excluding steroid dienone is 2. The maximum absolute atomic E-state index is 12.0. The topological polar surface area (TPSA) is 52.6 Å². The molecule has 0 aromatic carbocycles. The van der Waals surface area contributed by atoms with E-state index in [2.05, 4.69) is 35.7 Å². The Morgan fingerprint density at radius 3 is 2.65 bits per heavy atom. The SMILES string of the molecule is C=C(I)[C@H](C)CC(=O)/C=C\[C@@H]1O[C@@H](CCCOC(=O)C(C)(C)C)CC1=C. The summed E-state index contributed by atoms with van der Waals surface area (Å²) in [6.45, 7) is 15.8. The molecule has 26 heavy (non-hydrogen) atoms. The van der Waals surface area contributed by atoms with Crippen molar-refractivity contribution < 1.29 is 19.1 Å². The first-order valence-corrected chi connectivity index (χ1v) is 10.1. The molecular formula is C21H31IO4. The lowest BCUT2D eigenvalue weighted by Gasteiger charge is -2.17. The third kappa shape index (κ3) is 8.16. The summed E-state index contributed by atoms with van der Waals surface area (Å²) in [4.78, 5) is 23.7. The molecular weight excluding hydrogens is 443 g/mol. The Labute approximate surface area is 171 Å². The first-order chi connectivity index (χ1) is 12.0. The highest BCUT2D eigenvalue weighted by atomic mass is 127. The fourth-order valence-corrected chi connectivity index (χ4v) is 2.70. The van der Waals surface area contributed by atoms with E-state index < -0.39 is 5.41 Å². The van der Waals surface area contributed by atoms with Crippen molar-refractivity contribution in [2.45, 2.75) is 65.6 Å². The van der Waals surface area contributed by atoms with Gasteiger partial charge in [-0.05, 0) is 89.8 Å². The first kappa shape index (κ1) is 23.1. The van der Waals surface area contributed by atoms with Crippen molar-refractivity contribution >= 4 is 34.3 Å². The number of ether oxygens (including phenoxy) is 2. The average Bonchev–Trinajstić information content (AvgIpc) is 2.88. The van der Waals surface area contributed by atoms with Gasteiger partial charge < -0.3 is 9.47 Å². The zero-order valence-electron chi connectivity index (χ0n) is 16.3. The highest BCUT2D eigenvalue weighted by Crippen LogP contribution is 2.28. The maximum Gasteiger partial charge on any atom is 0.311 e. The Bertz CT molecular complexity index is 571. The van der Waals surface area contributed by atoms with Gasteiger partial charge in [-0.1, -0.05) is 20.1 Å². The van der Waals surface area contributed by atoms with Gasteiger partial charge >= 0.3 is 5.97 Å². The minimum atomic E-state index is -0.471.